The predicted molar refractivity (Wildman–Crippen MR) is 105 cm³/mol. The second-order valence-corrected chi connectivity index (χ2v) is 9.43. The molecule has 0 saturated heterocycles. The van der Waals surface area contributed by atoms with Crippen LogP contribution >= 0.6 is 0 Å². The maximum absolute atomic E-state index is 12.8. The number of hydrogen-bond acceptors (Lipinski definition) is 5. The highest BCUT2D eigenvalue weighted by Gasteiger charge is 2.53. The lowest BCUT2D eigenvalue weighted by molar-refractivity contribution is -0.384. The molecule has 4 fully saturated rings. The Morgan fingerprint density at radius 3 is 2.48 bits per heavy atom. The van der Waals surface area contributed by atoms with Crippen LogP contribution in [0.4, 0.5) is 5.69 Å². The monoisotopic (exact) mass is 399 g/mol. The molecule has 1 aromatic heterocycles. The van der Waals surface area contributed by atoms with Gasteiger partial charge in [0, 0.05) is 12.1 Å². The Morgan fingerprint density at radius 1 is 1.28 bits per heavy atom. The average molecular weight is 399 g/mol. The van der Waals surface area contributed by atoms with E-state index >= 15 is 0 Å². The molecule has 8 heteroatoms. The number of hydrogen-bond donors (Lipinski definition) is 1. The van der Waals surface area contributed by atoms with E-state index in [1.54, 1.807) is 0 Å². The van der Waals surface area contributed by atoms with Gasteiger partial charge in [0.2, 0.25) is 5.91 Å². The van der Waals surface area contributed by atoms with Crippen molar-refractivity contribution in [3.8, 4) is 0 Å². The van der Waals surface area contributed by atoms with E-state index in [1.165, 1.54) is 61.3 Å². The van der Waals surface area contributed by atoms with Crippen LogP contribution in [0.5, 0.6) is 0 Å². The fraction of sp³-hybridized carbons (Fsp3) is 0.619. The largest absolute Gasteiger partial charge is 0.420 e. The second-order valence-electron chi connectivity index (χ2n) is 9.43. The molecule has 2 aromatic rings. The molecule has 4 aliphatic carbocycles. The number of oxazole rings is 1. The number of benzene rings is 1. The van der Waals surface area contributed by atoms with Gasteiger partial charge in [-0.3, -0.25) is 19.5 Å². The summed E-state index contributed by atoms with van der Waals surface area (Å²) < 4.78 is 6.36. The van der Waals surface area contributed by atoms with Crippen LogP contribution in [0, 0.1) is 33.3 Å². The van der Waals surface area contributed by atoms with Crippen LogP contribution in [0.1, 0.15) is 45.4 Å². The van der Waals surface area contributed by atoms with Gasteiger partial charge in [-0.15, -0.1) is 0 Å². The minimum atomic E-state index is -0.682. The van der Waals surface area contributed by atoms with Gasteiger partial charge in [-0.25, -0.2) is 4.79 Å². The van der Waals surface area contributed by atoms with Crippen molar-refractivity contribution in [2.75, 3.05) is 0 Å². The Balaban J connectivity index is 1.33. The van der Waals surface area contributed by atoms with E-state index in [1.807, 2.05) is 0 Å². The molecule has 4 aliphatic rings. The summed E-state index contributed by atoms with van der Waals surface area (Å²) in [6.07, 6.45) is 7.63. The molecule has 0 aliphatic heterocycles. The lowest BCUT2D eigenvalue weighted by atomic mass is 9.48. The molecule has 1 unspecified atom stereocenters. The van der Waals surface area contributed by atoms with E-state index in [4.69, 9.17) is 4.42 Å². The number of rotatable bonds is 5. The van der Waals surface area contributed by atoms with Gasteiger partial charge in [0.1, 0.15) is 6.54 Å². The minimum Gasteiger partial charge on any atom is -0.407 e. The highest BCUT2D eigenvalue weighted by atomic mass is 16.6. The van der Waals surface area contributed by atoms with Crippen molar-refractivity contribution >= 4 is 22.7 Å². The maximum atomic E-state index is 12.8. The highest BCUT2D eigenvalue weighted by molar-refractivity contribution is 5.80. The van der Waals surface area contributed by atoms with Gasteiger partial charge in [0.25, 0.3) is 5.69 Å². The highest BCUT2D eigenvalue weighted by Crippen LogP contribution is 2.61. The SMILES string of the molecule is CC(NC(=O)Cn1c(=O)oc2cc([N+](=O)[O-])ccc21)C12CC3CC(CC(C3)C1)C2. The van der Waals surface area contributed by atoms with Crippen molar-refractivity contribution in [2.45, 2.75) is 58.0 Å². The number of nitrogens with zero attached hydrogens (tertiary/aromatic N) is 2. The van der Waals surface area contributed by atoms with E-state index in [-0.39, 0.29) is 35.2 Å². The molecule has 4 saturated carbocycles. The minimum absolute atomic E-state index is 0.0679. The number of amides is 1. The number of nitro groups is 1. The molecule has 8 nitrogen and oxygen atoms in total. The van der Waals surface area contributed by atoms with Crippen molar-refractivity contribution < 1.29 is 14.1 Å². The van der Waals surface area contributed by atoms with Crippen LogP contribution in [-0.4, -0.2) is 21.4 Å². The summed E-state index contributed by atoms with van der Waals surface area (Å²) in [4.78, 5) is 35.3. The Labute approximate surface area is 167 Å². The van der Waals surface area contributed by atoms with Crippen LogP contribution < -0.4 is 11.1 Å². The predicted octanol–water partition coefficient (Wildman–Crippen LogP) is 3.22. The number of nitrogens with one attached hydrogen (secondary N) is 1. The van der Waals surface area contributed by atoms with Gasteiger partial charge in [0.05, 0.1) is 16.5 Å². The summed E-state index contributed by atoms with van der Waals surface area (Å²) in [6.45, 7) is 1.95. The summed E-state index contributed by atoms with van der Waals surface area (Å²) in [6, 6.07) is 4.04. The van der Waals surface area contributed by atoms with Gasteiger partial charge in [-0.2, -0.15) is 0 Å². The third-order valence-corrected chi connectivity index (χ3v) is 7.55. The summed E-state index contributed by atoms with van der Waals surface area (Å²) in [5.74, 6) is 1.50. The quantitative estimate of drug-likeness (QED) is 0.613. The van der Waals surface area contributed by atoms with Crippen molar-refractivity contribution in [2.24, 2.45) is 23.2 Å². The number of nitro benzene ring substituents is 1. The molecule has 1 N–H and O–H groups in total. The first-order valence-corrected chi connectivity index (χ1v) is 10.4. The molecule has 4 bridgehead atoms. The van der Waals surface area contributed by atoms with Crippen LogP contribution in [0.15, 0.2) is 27.4 Å². The van der Waals surface area contributed by atoms with Crippen molar-refractivity contribution in [3.05, 3.63) is 38.9 Å². The molecular formula is C21H25N3O5. The van der Waals surface area contributed by atoms with Crippen molar-refractivity contribution in [1.82, 2.24) is 9.88 Å². The fourth-order valence-corrected chi connectivity index (χ4v) is 6.61. The van der Waals surface area contributed by atoms with Crippen molar-refractivity contribution in [3.63, 3.8) is 0 Å². The van der Waals surface area contributed by atoms with E-state index in [0.29, 0.717) is 5.52 Å². The second kappa shape index (κ2) is 6.43. The van der Waals surface area contributed by atoms with Gasteiger partial charge in [-0.1, -0.05) is 0 Å². The summed E-state index contributed by atoms with van der Waals surface area (Å²) in [7, 11) is 0. The van der Waals surface area contributed by atoms with E-state index in [9.17, 15) is 19.7 Å². The first kappa shape index (κ1) is 18.4. The standard InChI is InChI=1S/C21H25N3O5/c1-12(21-8-13-4-14(9-21)6-15(5-13)10-21)22-19(25)11-23-17-3-2-16(24(27)28)7-18(17)29-20(23)26/h2-3,7,12-15H,4-6,8-11H2,1H3,(H,22,25). The molecule has 1 aromatic carbocycles. The van der Waals surface area contributed by atoms with Crippen LogP contribution in [0.25, 0.3) is 11.1 Å². The van der Waals surface area contributed by atoms with Gasteiger partial charge >= 0.3 is 5.76 Å². The number of aromatic nitrogens is 1. The molecule has 0 spiro atoms. The zero-order chi connectivity index (χ0) is 20.3. The summed E-state index contributed by atoms with van der Waals surface area (Å²) >= 11 is 0. The van der Waals surface area contributed by atoms with Crippen LogP contribution in [0.2, 0.25) is 0 Å². The van der Waals surface area contributed by atoms with Crippen LogP contribution in [0.3, 0.4) is 0 Å². The van der Waals surface area contributed by atoms with E-state index in [2.05, 4.69) is 12.2 Å². The fourth-order valence-electron chi connectivity index (χ4n) is 6.61. The van der Waals surface area contributed by atoms with E-state index in [0.717, 1.165) is 17.8 Å². The molecule has 1 amide bonds. The van der Waals surface area contributed by atoms with Gasteiger partial charge in [-0.05, 0) is 74.7 Å². The first-order chi connectivity index (χ1) is 13.8. The van der Waals surface area contributed by atoms with Crippen LogP contribution in [-0.2, 0) is 11.3 Å². The lowest BCUT2D eigenvalue weighted by Crippen LogP contribution is -2.56. The topological polar surface area (TPSA) is 107 Å². The lowest BCUT2D eigenvalue weighted by Gasteiger charge is -2.59. The summed E-state index contributed by atoms with van der Waals surface area (Å²) in [5, 5.41) is 14.1. The molecule has 6 rings (SSSR count). The summed E-state index contributed by atoms with van der Waals surface area (Å²) in [5.41, 5.74) is 0.539. The first-order valence-electron chi connectivity index (χ1n) is 10.4. The molecule has 154 valence electrons. The number of non-ortho nitro benzene ring substituents is 1. The third-order valence-electron chi connectivity index (χ3n) is 7.55. The molecule has 29 heavy (non-hydrogen) atoms. The zero-order valence-electron chi connectivity index (χ0n) is 16.4. The number of carbonyl (C=O) groups is 1. The Morgan fingerprint density at radius 2 is 1.90 bits per heavy atom. The number of carbonyl (C=O) groups excluding carboxylic acids is 1. The molecular weight excluding hydrogens is 374 g/mol. The van der Waals surface area contributed by atoms with E-state index < -0.39 is 10.7 Å². The normalized spacial score (nSPS) is 31.1. The molecule has 1 heterocycles. The molecule has 0 radical (unpaired) electrons. The Kier molecular flexibility index (Phi) is 4.08. The average Bonchev–Trinajstić information content (AvgIpc) is 2.95. The number of fused-ring (bicyclic) bond motifs is 1. The smallest absolute Gasteiger partial charge is 0.407 e. The maximum Gasteiger partial charge on any atom is 0.420 e. The van der Waals surface area contributed by atoms with Crippen molar-refractivity contribution in [1.29, 1.82) is 0 Å². The Bertz CT molecular complexity index is 1020. The Hall–Kier alpha value is -2.64. The third kappa shape index (κ3) is 3.05. The molecule has 1 atom stereocenters. The zero-order valence-corrected chi connectivity index (χ0v) is 16.4. The van der Waals surface area contributed by atoms with Gasteiger partial charge < -0.3 is 9.73 Å². The van der Waals surface area contributed by atoms with Gasteiger partial charge in [0.15, 0.2) is 5.58 Å².